The van der Waals surface area contributed by atoms with Gasteiger partial charge in [0, 0.05) is 5.56 Å². The fourth-order valence-electron chi connectivity index (χ4n) is 1.78. The first kappa shape index (κ1) is 14.3. The number of aliphatic carboxylic acids is 1. The lowest BCUT2D eigenvalue weighted by Crippen LogP contribution is -2.30. The van der Waals surface area contributed by atoms with Crippen LogP contribution in [-0.4, -0.2) is 21.7 Å². The standard InChI is InChI=1S/C16H13ClO3/c17-16(15(19)20)10-8-12(9-11-16)6-7-14(18)13-4-2-1-3-5-13/h1-10H,11H2,(H,19,20). The summed E-state index contributed by atoms with van der Waals surface area (Å²) in [5, 5.41) is 8.97. The average Bonchev–Trinajstić information content (AvgIpc) is 2.47. The minimum absolute atomic E-state index is 0.0964. The van der Waals surface area contributed by atoms with Gasteiger partial charge in [0.15, 0.2) is 10.7 Å². The number of carbonyl (C=O) groups is 2. The lowest BCUT2D eigenvalue weighted by atomic mass is 9.95. The molecule has 0 fully saturated rings. The van der Waals surface area contributed by atoms with Crippen LogP contribution in [0.4, 0.5) is 0 Å². The number of carboxylic acids is 1. The Bertz CT molecular complexity index is 614. The average molecular weight is 289 g/mol. The van der Waals surface area contributed by atoms with Crippen molar-refractivity contribution in [2.75, 3.05) is 0 Å². The smallest absolute Gasteiger partial charge is 0.329 e. The molecule has 102 valence electrons. The summed E-state index contributed by atoms with van der Waals surface area (Å²) in [7, 11) is 0. The van der Waals surface area contributed by atoms with Gasteiger partial charge in [0.1, 0.15) is 0 Å². The molecule has 0 aliphatic heterocycles. The molecular weight excluding hydrogens is 276 g/mol. The van der Waals surface area contributed by atoms with Crippen LogP contribution in [0.5, 0.6) is 0 Å². The van der Waals surface area contributed by atoms with Gasteiger partial charge in [-0.2, -0.15) is 0 Å². The molecule has 2 rings (SSSR count). The zero-order valence-corrected chi connectivity index (χ0v) is 11.4. The van der Waals surface area contributed by atoms with Crippen LogP contribution in [0.1, 0.15) is 16.8 Å². The van der Waals surface area contributed by atoms with Crippen LogP contribution in [0.25, 0.3) is 0 Å². The monoisotopic (exact) mass is 288 g/mol. The predicted molar refractivity (Wildman–Crippen MR) is 78.0 cm³/mol. The molecule has 0 saturated carbocycles. The second-order valence-electron chi connectivity index (χ2n) is 4.47. The quantitative estimate of drug-likeness (QED) is 0.525. The maximum atomic E-state index is 11.9. The summed E-state index contributed by atoms with van der Waals surface area (Å²) in [6, 6.07) is 8.93. The molecule has 1 unspecified atom stereocenters. The zero-order valence-electron chi connectivity index (χ0n) is 10.6. The van der Waals surface area contributed by atoms with E-state index < -0.39 is 10.8 Å². The third kappa shape index (κ3) is 3.25. The van der Waals surface area contributed by atoms with Crippen LogP contribution >= 0.6 is 11.6 Å². The topological polar surface area (TPSA) is 54.4 Å². The van der Waals surface area contributed by atoms with Crippen molar-refractivity contribution in [3.8, 4) is 0 Å². The van der Waals surface area contributed by atoms with E-state index in [1.165, 1.54) is 12.2 Å². The molecule has 0 radical (unpaired) electrons. The molecule has 4 heteroatoms. The number of alkyl halides is 1. The van der Waals surface area contributed by atoms with E-state index in [0.717, 1.165) is 5.57 Å². The molecule has 1 aliphatic rings. The van der Waals surface area contributed by atoms with Crippen LogP contribution < -0.4 is 0 Å². The Morgan fingerprint density at radius 2 is 1.95 bits per heavy atom. The van der Waals surface area contributed by atoms with E-state index in [9.17, 15) is 9.59 Å². The van der Waals surface area contributed by atoms with Crippen molar-refractivity contribution >= 4 is 23.4 Å². The number of halogens is 1. The summed E-state index contributed by atoms with van der Waals surface area (Å²) in [4.78, 5) is 21.4. The molecule has 0 amide bonds. The Kier molecular flexibility index (Phi) is 4.20. The third-order valence-corrected chi connectivity index (χ3v) is 3.46. The van der Waals surface area contributed by atoms with Crippen molar-refractivity contribution in [3.05, 3.63) is 71.8 Å². The Morgan fingerprint density at radius 1 is 1.25 bits per heavy atom. The van der Waals surface area contributed by atoms with Crippen LogP contribution in [-0.2, 0) is 4.79 Å². The first-order chi connectivity index (χ1) is 9.51. The number of benzene rings is 1. The van der Waals surface area contributed by atoms with Crippen molar-refractivity contribution in [1.29, 1.82) is 0 Å². The number of carbonyl (C=O) groups excluding carboxylic acids is 1. The molecule has 0 spiro atoms. The van der Waals surface area contributed by atoms with Gasteiger partial charge < -0.3 is 5.11 Å². The molecule has 0 saturated heterocycles. The van der Waals surface area contributed by atoms with E-state index in [1.54, 1.807) is 42.5 Å². The Labute approximate surface area is 121 Å². The maximum Gasteiger partial charge on any atom is 0.329 e. The third-order valence-electron chi connectivity index (χ3n) is 3.02. The van der Waals surface area contributed by atoms with E-state index in [2.05, 4.69) is 0 Å². The van der Waals surface area contributed by atoms with E-state index in [0.29, 0.717) is 5.56 Å². The van der Waals surface area contributed by atoms with E-state index in [-0.39, 0.29) is 12.2 Å². The Morgan fingerprint density at radius 3 is 2.50 bits per heavy atom. The van der Waals surface area contributed by atoms with Gasteiger partial charge in [0.25, 0.3) is 0 Å². The highest BCUT2D eigenvalue weighted by molar-refractivity contribution is 6.35. The van der Waals surface area contributed by atoms with Gasteiger partial charge in [-0.3, -0.25) is 4.79 Å². The number of hydrogen-bond donors (Lipinski definition) is 1. The van der Waals surface area contributed by atoms with Crippen molar-refractivity contribution < 1.29 is 14.7 Å². The van der Waals surface area contributed by atoms with Crippen molar-refractivity contribution in [1.82, 2.24) is 0 Å². The normalized spacial score (nSPS) is 21.8. The Balaban J connectivity index is 2.04. The van der Waals surface area contributed by atoms with Gasteiger partial charge in [-0.1, -0.05) is 54.6 Å². The van der Waals surface area contributed by atoms with Crippen molar-refractivity contribution in [3.63, 3.8) is 0 Å². The molecular formula is C16H13ClO3. The van der Waals surface area contributed by atoms with Crippen LogP contribution in [0, 0.1) is 0 Å². The van der Waals surface area contributed by atoms with Gasteiger partial charge >= 0.3 is 5.97 Å². The van der Waals surface area contributed by atoms with E-state index >= 15 is 0 Å². The summed E-state index contributed by atoms with van der Waals surface area (Å²) in [6.45, 7) is 0. The first-order valence-electron chi connectivity index (χ1n) is 6.10. The lowest BCUT2D eigenvalue weighted by molar-refractivity contribution is -0.138. The fourth-order valence-corrected chi connectivity index (χ4v) is 1.92. The highest BCUT2D eigenvalue weighted by Crippen LogP contribution is 2.28. The van der Waals surface area contributed by atoms with Gasteiger partial charge in [0.2, 0.25) is 0 Å². The lowest BCUT2D eigenvalue weighted by Gasteiger charge is -2.19. The van der Waals surface area contributed by atoms with Gasteiger partial charge in [-0.15, -0.1) is 11.6 Å². The molecule has 0 heterocycles. The first-order valence-corrected chi connectivity index (χ1v) is 6.48. The molecule has 1 aromatic carbocycles. The molecule has 0 bridgehead atoms. The maximum absolute atomic E-state index is 11.9. The summed E-state index contributed by atoms with van der Waals surface area (Å²) in [5.74, 6) is -1.17. The Hall–Kier alpha value is -2.13. The molecule has 1 aromatic rings. The van der Waals surface area contributed by atoms with Gasteiger partial charge in [-0.25, -0.2) is 4.79 Å². The van der Waals surface area contributed by atoms with Gasteiger partial charge in [-0.05, 0) is 18.1 Å². The van der Waals surface area contributed by atoms with E-state index in [4.69, 9.17) is 16.7 Å². The molecule has 1 N–H and O–H groups in total. The van der Waals surface area contributed by atoms with Crippen LogP contribution in [0.3, 0.4) is 0 Å². The number of allylic oxidation sites excluding steroid dienone is 5. The summed E-state index contributed by atoms with van der Waals surface area (Å²) >= 11 is 5.91. The number of hydrogen-bond acceptors (Lipinski definition) is 2. The van der Waals surface area contributed by atoms with Crippen molar-refractivity contribution in [2.24, 2.45) is 0 Å². The van der Waals surface area contributed by atoms with E-state index in [1.807, 2.05) is 6.07 Å². The highest BCUT2D eigenvalue weighted by atomic mass is 35.5. The summed E-state index contributed by atoms with van der Waals surface area (Å²) in [5.41, 5.74) is 1.38. The number of ketones is 1. The second kappa shape index (κ2) is 5.88. The number of carboxylic acid groups (broad SMARTS) is 1. The molecule has 20 heavy (non-hydrogen) atoms. The van der Waals surface area contributed by atoms with Crippen molar-refractivity contribution in [2.45, 2.75) is 11.3 Å². The molecule has 1 atom stereocenters. The predicted octanol–water partition coefficient (Wildman–Crippen LogP) is 3.37. The number of rotatable bonds is 4. The minimum atomic E-state index is -1.37. The summed E-state index contributed by atoms with van der Waals surface area (Å²) < 4.78 is 0. The molecule has 3 nitrogen and oxygen atoms in total. The minimum Gasteiger partial charge on any atom is -0.480 e. The zero-order chi connectivity index (χ0) is 14.6. The van der Waals surface area contributed by atoms with Crippen LogP contribution in [0.2, 0.25) is 0 Å². The highest BCUT2D eigenvalue weighted by Gasteiger charge is 2.33. The fraction of sp³-hybridized carbons (Fsp3) is 0.125. The largest absolute Gasteiger partial charge is 0.480 e. The van der Waals surface area contributed by atoms with Gasteiger partial charge in [0.05, 0.1) is 0 Å². The van der Waals surface area contributed by atoms with Crippen LogP contribution in [0.15, 0.2) is 66.3 Å². The molecule has 0 aromatic heterocycles. The SMILES string of the molecule is O=C(C=CC1=CCC(Cl)(C(=O)O)C=C1)c1ccccc1. The molecule has 1 aliphatic carbocycles. The second-order valence-corrected chi connectivity index (χ2v) is 5.15. The summed E-state index contributed by atoms with van der Waals surface area (Å²) in [6.07, 6.45) is 8.07.